The third-order valence-electron chi connectivity index (χ3n) is 2.30. The monoisotopic (exact) mass is 247 g/mol. The lowest BCUT2D eigenvalue weighted by Gasteiger charge is -2.26. The average molecular weight is 247 g/mol. The van der Waals surface area contributed by atoms with Gasteiger partial charge in [0.25, 0.3) is 0 Å². The first-order valence-electron chi connectivity index (χ1n) is 4.88. The Bertz CT molecular complexity index is 536. The van der Waals surface area contributed by atoms with Gasteiger partial charge in [-0.05, 0) is 18.2 Å². The highest BCUT2D eigenvalue weighted by molar-refractivity contribution is 8.00. The number of carbonyl (C=O) groups excluding carboxylic acids is 2. The standard InChI is InChI=1S/C11H9N3O2S/c12-4-3-10(15)14-8-5-7(13)1-2-9(8)17-6-11(14)16/h1-2,5H,3,6,13H2. The fourth-order valence-electron chi connectivity index (χ4n) is 1.59. The van der Waals surface area contributed by atoms with Crippen LogP contribution >= 0.6 is 11.8 Å². The fraction of sp³-hybridized carbons (Fsp3) is 0.182. The van der Waals surface area contributed by atoms with E-state index in [9.17, 15) is 9.59 Å². The van der Waals surface area contributed by atoms with Crippen LogP contribution in [0.25, 0.3) is 0 Å². The predicted octanol–water partition coefficient (Wildman–Crippen LogP) is 1.15. The molecule has 1 aliphatic rings. The molecule has 0 radical (unpaired) electrons. The molecule has 0 saturated heterocycles. The van der Waals surface area contributed by atoms with E-state index in [4.69, 9.17) is 11.0 Å². The van der Waals surface area contributed by atoms with Crippen LogP contribution in [0.2, 0.25) is 0 Å². The van der Waals surface area contributed by atoms with Crippen molar-refractivity contribution < 1.29 is 9.59 Å². The second kappa shape index (κ2) is 4.47. The number of rotatable bonds is 1. The zero-order valence-electron chi connectivity index (χ0n) is 8.84. The normalized spacial score (nSPS) is 14.1. The molecule has 1 aromatic rings. The van der Waals surface area contributed by atoms with Crippen molar-refractivity contribution in [2.75, 3.05) is 16.4 Å². The van der Waals surface area contributed by atoms with E-state index in [-0.39, 0.29) is 18.1 Å². The van der Waals surface area contributed by atoms with Gasteiger partial charge in [-0.3, -0.25) is 9.59 Å². The minimum Gasteiger partial charge on any atom is -0.399 e. The van der Waals surface area contributed by atoms with Crippen molar-refractivity contribution >= 4 is 35.0 Å². The van der Waals surface area contributed by atoms with E-state index < -0.39 is 5.91 Å². The fourth-order valence-corrected chi connectivity index (χ4v) is 2.46. The molecule has 0 fully saturated rings. The molecule has 5 nitrogen and oxygen atoms in total. The molecular formula is C11H9N3O2S. The first-order valence-corrected chi connectivity index (χ1v) is 5.87. The molecule has 0 aliphatic carbocycles. The molecule has 17 heavy (non-hydrogen) atoms. The van der Waals surface area contributed by atoms with E-state index in [1.54, 1.807) is 24.3 Å². The highest BCUT2D eigenvalue weighted by Crippen LogP contribution is 2.36. The average Bonchev–Trinajstić information content (AvgIpc) is 2.28. The molecule has 1 aliphatic heterocycles. The Kier molecular flexibility index (Phi) is 3.02. The number of benzene rings is 1. The van der Waals surface area contributed by atoms with Gasteiger partial charge in [0.1, 0.15) is 6.42 Å². The molecular weight excluding hydrogens is 238 g/mol. The summed E-state index contributed by atoms with van der Waals surface area (Å²) in [6, 6.07) is 6.82. The number of nitrogens with two attached hydrogens (primary N) is 1. The van der Waals surface area contributed by atoms with Gasteiger partial charge in [-0.2, -0.15) is 5.26 Å². The number of nitrogen functional groups attached to an aromatic ring is 1. The zero-order valence-corrected chi connectivity index (χ0v) is 9.66. The van der Waals surface area contributed by atoms with Gasteiger partial charge in [0, 0.05) is 10.6 Å². The topological polar surface area (TPSA) is 87.2 Å². The largest absolute Gasteiger partial charge is 0.399 e. The van der Waals surface area contributed by atoms with Crippen molar-refractivity contribution in [1.29, 1.82) is 5.26 Å². The molecule has 0 spiro atoms. The van der Waals surface area contributed by atoms with Gasteiger partial charge in [-0.25, -0.2) is 4.90 Å². The predicted molar refractivity (Wildman–Crippen MR) is 64.3 cm³/mol. The van der Waals surface area contributed by atoms with Gasteiger partial charge in [-0.1, -0.05) is 0 Å². The minimum atomic E-state index is -0.510. The van der Waals surface area contributed by atoms with Crippen molar-refractivity contribution in [2.45, 2.75) is 11.3 Å². The van der Waals surface area contributed by atoms with E-state index in [0.29, 0.717) is 11.4 Å². The zero-order chi connectivity index (χ0) is 12.4. The van der Waals surface area contributed by atoms with Crippen LogP contribution in [0.3, 0.4) is 0 Å². The van der Waals surface area contributed by atoms with Crippen molar-refractivity contribution in [3.8, 4) is 6.07 Å². The minimum absolute atomic E-state index is 0.202. The number of thioether (sulfide) groups is 1. The third kappa shape index (κ3) is 2.10. The smallest absolute Gasteiger partial charge is 0.248 e. The third-order valence-corrected chi connectivity index (χ3v) is 3.35. The molecule has 0 aromatic heterocycles. The highest BCUT2D eigenvalue weighted by Gasteiger charge is 2.29. The summed E-state index contributed by atoms with van der Waals surface area (Å²) >= 11 is 1.36. The van der Waals surface area contributed by atoms with E-state index >= 15 is 0 Å². The molecule has 2 N–H and O–H groups in total. The van der Waals surface area contributed by atoms with Crippen LogP contribution in [0.1, 0.15) is 6.42 Å². The Labute approximate surface area is 102 Å². The Balaban J connectivity index is 2.46. The summed E-state index contributed by atoms with van der Waals surface area (Å²) in [6.07, 6.45) is -0.315. The summed E-state index contributed by atoms with van der Waals surface area (Å²) in [5, 5.41) is 8.52. The van der Waals surface area contributed by atoms with Crippen LogP contribution in [0.5, 0.6) is 0 Å². The summed E-state index contributed by atoms with van der Waals surface area (Å²) < 4.78 is 0. The maximum Gasteiger partial charge on any atom is 0.248 e. The Morgan fingerprint density at radius 1 is 1.59 bits per heavy atom. The number of nitrogens with zero attached hydrogens (tertiary/aromatic N) is 2. The number of imide groups is 1. The number of amides is 2. The lowest BCUT2D eigenvalue weighted by Crippen LogP contribution is -2.40. The number of hydrogen-bond acceptors (Lipinski definition) is 5. The SMILES string of the molecule is N#CCC(=O)N1C(=O)CSc2ccc(N)cc21. The summed E-state index contributed by atoms with van der Waals surface area (Å²) in [4.78, 5) is 25.3. The van der Waals surface area contributed by atoms with Crippen LogP contribution in [0.4, 0.5) is 11.4 Å². The van der Waals surface area contributed by atoms with Crippen molar-refractivity contribution in [1.82, 2.24) is 0 Å². The molecule has 0 saturated carbocycles. The molecule has 0 unspecified atom stereocenters. The van der Waals surface area contributed by atoms with Crippen LogP contribution in [0, 0.1) is 11.3 Å². The quantitative estimate of drug-likeness (QED) is 0.752. The first-order chi connectivity index (χ1) is 8.13. The number of nitriles is 1. The summed E-state index contributed by atoms with van der Waals surface area (Å²) in [5.41, 5.74) is 6.60. The van der Waals surface area contributed by atoms with Gasteiger partial charge in [0.05, 0.1) is 17.5 Å². The summed E-state index contributed by atoms with van der Waals surface area (Å²) in [5.74, 6) is -0.619. The van der Waals surface area contributed by atoms with Gasteiger partial charge in [0.2, 0.25) is 11.8 Å². The molecule has 0 bridgehead atoms. The van der Waals surface area contributed by atoms with E-state index in [0.717, 1.165) is 9.80 Å². The van der Waals surface area contributed by atoms with E-state index in [2.05, 4.69) is 0 Å². The number of carbonyl (C=O) groups is 2. The Morgan fingerprint density at radius 2 is 2.35 bits per heavy atom. The van der Waals surface area contributed by atoms with Crippen molar-refractivity contribution in [3.05, 3.63) is 18.2 Å². The van der Waals surface area contributed by atoms with E-state index in [1.807, 2.05) is 0 Å². The molecule has 0 atom stereocenters. The van der Waals surface area contributed by atoms with E-state index in [1.165, 1.54) is 11.8 Å². The molecule has 2 amide bonds. The van der Waals surface area contributed by atoms with Gasteiger partial charge in [0.15, 0.2) is 0 Å². The number of hydrogen-bond donors (Lipinski definition) is 1. The Morgan fingerprint density at radius 3 is 3.06 bits per heavy atom. The number of fused-ring (bicyclic) bond motifs is 1. The molecule has 2 rings (SSSR count). The summed E-state index contributed by atoms with van der Waals surface area (Å²) in [6.45, 7) is 0. The van der Waals surface area contributed by atoms with Gasteiger partial charge < -0.3 is 5.73 Å². The van der Waals surface area contributed by atoms with Gasteiger partial charge >= 0.3 is 0 Å². The molecule has 6 heteroatoms. The second-order valence-corrected chi connectivity index (χ2v) is 4.49. The molecule has 1 heterocycles. The molecule has 86 valence electrons. The first kappa shape index (κ1) is 11.5. The van der Waals surface area contributed by atoms with Crippen LogP contribution in [0.15, 0.2) is 23.1 Å². The van der Waals surface area contributed by atoms with Crippen LogP contribution in [-0.2, 0) is 9.59 Å². The molecule has 1 aromatic carbocycles. The van der Waals surface area contributed by atoms with Crippen LogP contribution in [-0.4, -0.2) is 17.6 Å². The maximum atomic E-state index is 11.7. The summed E-state index contributed by atoms with van der Waals surface area (Å²) in [7, 11) is 0. The van der Waals surface area contributed by atoms with Crippen molar-refractivity contribution in [3.63, 3.8) is 0 Å². The lowest BCUT2D eigenvalue weighted by atomic mass is 10.2. The lowest BCUT2D eigenvalue weighted by molar-refractivity contribution is -0.124. The van der Waals surface area contributed by atoms with Gasteiger partial charge in [-0.15, -0.1) is 11.8 Å². The highest BCUT2D eigenvalue weighted by atomic mass is 32.2. The van der Waals surface area contributed by atoms with Crippen molar-refractivity contribution in [2.24, 2.45) is 0 Å². The maximum absolute atomic E-state index is 11.7. The van der Waals surface area contributed by atoms with Crippen LogP contribution < -0.4 is 10.6 Å². The Hall–Kier alpha value is -2.00. The number of anilines is 2. The second-order valence-electron chi connectivity index (χ2n) is 3.47.